The van der Waals surface area contributed by atoms with E-state index in [2.05, 4.69) is 14.9 Å². The van der Waals surface area contributed by atoms with Crippen LogP contribution in [0.2, 0.25) is 0 Å². The van der Waals surface area contributed by atoms with Crippen molar-refractivity contribution in [3.8, 4) is 0 Å². The van der Waals surface area contributed by atoms with Crippen LogP contribution >= 0.6 is 0 Å². The Morgan fingerprint density at radius 3 is 2.76 bits per heavy atom. The fourth-order valence-corrected chi connectivity index (χ4v) is 2.58. The Balaban J connectivity index is 2.56. The van der Waals surface area contributed by atoms with Crippen molar-refractivity contribution in [3.05, 3.63) is 12.3 Å². The van der Waals surface area contributed by atoms with E-state index in [1.807, 2.05) is 13.8 Å². The Bertz CT molecular complexity index is 425. The third kappa shape index (κ3) is 4.45. The first-order valence-corrected chi connectivity index (χ1v) is 7.05. The van der Waals surface area contributed by atoms with Crippen molar-refractivity contribution in [2.24, 2.45) is 11.1 Å². The minimum Gasteiger partial charge on any atom is -0.330 e. The van der Waals surface area contributed by atoms with E-state index in [1.165, 1.54) is 12.3 Å². The standard InChI is InChI=1S/C10H20N4O2S/c1-10(2,5-3-6-11)8-13-17(15,16)9-4-7-12-14-9/h4,7,13H,3,5-6,8,11H2,1-2H3,(H,12,14). The number of hydrogen-bond acceptors (Lipinski definition) is 4. The molecule has 0 fully saturated rings. The number of H-pyrrole nitrogens is 1. The predicted octanol–water partition coefficient (Wildman–Crippen LogP) is 0.453. The number of aromatic nitrogens is 2. The van der Waals surface area contributed by atoms with Crippen LogP contribution in [0.5, 0.6) is 0 Å². The molecule has 0 saturated carbocycles. The van der Waals surface area contributed by atoms with Crippen LogP contribution in [0.4, 0.5) is 0 Å². The third-order valence-electron chi connectivity index (χ3n) is 2.56. The Morgan fingerprint density at radius 2 is 2.24 bits per heavy atom. The van der Waals surface area contributed by atoms with Gasteiger partial charge in [-0.1, -0.05) is 13.8 Å². The van der Waals surface area contributed by atoms with Gasteiger partial charge in [0, 0.05) is 6.54 Å². The fraction of sp³-hybridized carbons (Fsp3) is 0.700. The van der Waals surface area contributed by atoms with Gasteiger partial charge in [-0.25, -0.2) is 13.1 Å². The highest BCUT2D eigenvalue weighted by Gasteiger charge is 2.22. The molecule has 17 heavy (non-hydrogen) atoms. The van der Waals surface area contributed by atoms with E-state index in [1.54, 1.807) is 0 Å². The molecule has 0 aromatic carbocycles. The monoisotopic (exact) mass is 260 g/mol. The Labute approximate surface area is 102 Å². The molecular formula is C10H20N4O2S. The van der Waals surface area contributed by atoms with Gasteiger partial charge in [0.2, 0.25) is 0 Å². The summed E-state index contributed by atoms with van der Waals surface area (Å²) >= 11 is 0. The van der Waals surface area contributed by atoms with E-state index < -0.39 is 10.0 Å². The van der Waals surface area contributed by atoms with Crippen molar-refractivity contribution >= 4 is 10.0 Å². The number of aromatic amines is 1. The molecule has 0 spiro atoms. The van der Waals surface area contributed by atoms with Crippen LogP contribution in [0, 0.1) is 5.41 Å². The average molecular weight is 260 g/mol. The second-order valence-electron chi connectivity index (χ2n) is 4.80. The van der Waals surface area contributed by atoms with Crippen molar-refractivity contribution in [3.63, 3.8) is 0 Å². The Kier molecular flexibility index (Phi) is 4.67. The van der Waals surface area contributed by atoms with Gasteiger partial charge in [0.1, 0.15) is 0 Å². The molecule has 98 valence electrons. The van der Waals surface area contributed by atoms with Gasteiger partial charge in [0.25, 0.3) is 10.0 Å². The molecule has 0 atom stereocenters. The van der Waals surface area contributed by atoms with Gasteiger partial charge < -0.3 is 5.73 Å². The third-order valence-corrected chi connectivity index (χ3v) is 3.89. The molecule has 0 unspecified atom stereocenters. The normalized spacial score (nSPS) is 12.9. The highest BCUT2D eigenvalue weighted by molar-refractivity contribution is 7.89. The topological polar surface area (TPSA) is 101 Å². The predicted molar refractivity (Wildman–Crippen MR) is 65.8 cm³/mol. The minimum atomic E-state index is -3.47. The highest BCUT2D eigenvalue weighted by atomic mass is 32.2. The number of nitrogens with two attached hydrogens (primary N) is 1. The van der Waals surface area contributed by atoms with Crippen LogP contribution in [0.15, 0.2) is 17.3 Å². The summed E-state index contributed by atoms with van der Waals surface area (Å²) in [5, 5.41) is 6.15. The molecule has 0 aliphatic rings. The summed E-state index contributed by atoms with van der Waals surface area (Å²) in [5.41, 5.74) is 5.34. The summed E-state index contributed by atoms with van der Waals surface area (Å²) in [7, 11) is -3.47. The number of nitrogens with zero attached hydrogens (tertiary/aromatic N) is 1. The molecule has 1 heterocycles. The van der Waals surface area contributed by atoms with Gasteiger partial charge in [-0.15, -0.1) is 0 Å². The smallest absolute Gasteiger partial charge is 0.257 e. The lowest BCUT2D eigenvalue weighted by atomic mass is 9.88. The zero-order valence-corrected chi connectivity index (χ0v) is 11.0. The van der Waals surface area contributed by atoms with Crippen LogP contribution in [-0.2, 0) is 10.0 Å². The quantitative estimate of drug-likeness (QED) is 0.662. The van der Waals surface area contributed by atoms with Gasteiger partial charge in [-0.2, -0.15) is 5.10 Å². The zero-order valence-electron chi connectivity index (χ0n) is 10.2. The van der Waals surface area contributed by atoms with Gasteiger partial charge >= 0.3 is 0 Å². The van der Waals surface area contributed by atoms with Gasteiger partial charge in [0.05, 0.1) is 6.20 Å². The van der Waals surface area contributed by atoms with E-state index >= 15 is 0 Å². The number of sulfonamides is 1. The highest BCUT2D eigenvalue weighted by Crippen LogP contribution is 2.21. The van der Waals surface area contributed by atoms with Crippen molar-refractivity contribution in [2.45, 2.75) is 31.7 Å². The largest absolute Gasteiger partial charge is 0.330 e. The lowest BCUT2D eigenvalue weighted by Gasteiger charge is -2.24. The van der Waals surface area contributed by atoms with Crippen LogP contribution < -0.4 is 10.5 Å². The van der Waals surface area contributed by atoms with E-state index in [-0.39, 0.29) is 10.4 Å². The minimum absolute atomic E-state index is 0.0899. The lowest BCUT2D eigenvalue weighted by Crippen LogP contribution is -2.34. The molecule has 7 heteroatoms. The van der Waals surface area contributed by atoms with Gasteiger partial charge in [-0.3, -0.25) is 5.10 Å². The van der Waals surface area contributed by atoms with Gasteiger partial charge in [0.15, 0.2) is 5.03 Å². The van der Waals surface area contributed by atoms with Crippen LogP contribution in [0.25, 0.3) is 0 Å². The van der Waals surface area contributed by atoms with Crippen molar-refractivity contribution in [1.82, 2.24) is 14.9 Å². The summed E-state index contributed by atoms with van der Waals surface area (Å²) in [4.78, 5) is 0. The van der Waals surface area contributed by atoms with E-state index in [0.29, 0.717) is 13.1 Å². The second-order valence-corrected chi connectivity index (χ2v) is 6.54. The maximum Gasteiger partial charge on any atom is 0.257 e. The van der Waals surface area contributed by atoms with E-state index in [9.17, 15) is 8.42 Å². The molecule has 1 aromatic heterocycles. The number of rotatable bonds is 7. The number of hydrogen-bond donors (Lipinski definition) is 3. The van der Waals surface area contributed by atoms with E-state index in [0.717, 1.165) is 12.8 Å². The first-order chi connectivity index (χ1) is 7.87. The van der Waals surface area contributed by atoms with Crippen molar-refractivity contribution in [2.75, 3.05) is 13.1 Å². The molecule has 0 bridgehead atoms. The first kappa shape index (κ1) is 14.1. The molecule has 1 aromatic rings. The Hall–Kier alpha value is -0.920. The molecule has 0 saturated heterocycles. The average Bonchev–Trinajstić information content (AvgIpc) is 2.78. The first-order valence-electron chi connectivity index (χ1n) is 5.56. The molecule has 0 amide bonds. The summed E-state index contributed by atoms with van der Waals surface area (Å²) < 4.78 is 26.2. The summed E-state index contributed by atoms with van der Waals surface area (Å²) in [6, 6.07) is 1.43. The lowest BCUT2D eigenvalue weighted by molar-refractivity contribution is 0.327. The zero-order chi connectivity index (χ0) is 12.9. The second kappa shape index (κ2) is 5.61. The molecule has 6 nitrogen and oxygen atoms in total. The fourth-order valence-electron chi connectivity index (χ4n) is 1.43. The molecule has 1 rings (SSSR count). The maximum atomic E-state index is 11.8. The number of nitrogens with one attached hydrogen (secondary N) is 2. The Morgan fingerprint density at radius 1 is 1.53 bits per heavy atom. The van der Waals surface area contributed by atoms with Crippen LogP contribution in [0.1, 0.15) is 26.7 Å². The summed E-state index contributed by atoms with van der Waals surface area (Å²) in [6.45, 7) is 5.03. The van der Waals surface area contributed by atoms with Crippen LogP contribution in [-0.4, -0.2) is 31.7 Å². The maximum absolute atomic E-state index is 11.8. The van der Waals surface area contributed by atoms with E-state index in [4.69, 9.17) is 5.73 Å². The molecule has 0 radical (unpaired) electrons. The van der Waals surface area contributed by atoms with Crippen molar-refractivity contribution < 1.29 is 8.42 Å². The molecule has 4 N–H and O–H groups in total. The molecule has 0 aliphatic carbocycles. The van der Waals surface area contributed by atoms with Crippen molar-refractivity contribution in [1.29, 1.82) is 0 Å². The summed E-state index contributed by atoms with van der Waals surface area (Å²) in [5.74, 6) is 0. The van der Waals surface area contributed by atoms with Crippen LogP contribution in [0.3, 0.4) is 0 Å². The molecule has 0 aliphatic heterocycles. The summed E-state index contributed by atoms with van der Waals surface area (Å²) in [6.07, 6.45) is 3.18. The SMILES string of the molecule is CC(C)(CCCN)CNS(=O)(=O)c1ccn[nH]1. The molecular weight excluding hydrogens is 240 g/mol. The van der Waals surface area contributed by atoms with Gasteiger partial charge in [-0.05, 0) is 30.9 Å².